The first-order valence-electron chi connectivity index (χ1n) is 7.68. The fraction of sp³-hybridized carbons (Fsp3) is 0.562. The Kier molecular flexibility index (Phi) is 6.85. The topological polar surface area (TPSA) is 59.9 Å². The van der Waals surface area contributed by atoms with E-state index in [0.717, 1.165) is 34.8 Å². The van der Waals surface area contributed by atoms with E-state index in [1.165, 1.54) is 6.42 Å². The zero-order valence-electron chi connectivity index (χ0n) is 13.9. The molecule has 0 aliphatic carbocycles. The van der Waals surface area contributed by atoms with Crippen LogP contribution < -0.4 is 10.1 Å². The minimum atomic E-state index is 0.598. The largest absolute Gasteiger partial charge is 0.475 e. The molecule has 116 valence electrons. The lowest BCUT2D eigenvalue weighted by molar-refractivity contribution is 0.326. The van der Waals surface area contributed by atoms with Gasteiger partial charge in [-0.2, -0.15) is 0 Å². The summed E-state index contributed by atoms with van der Waals surface area (Å²) in [5.74, 6) is 2.21. The Hall–Kier alpha value is -1.91. The van der Waals surface area contributed by atoms with Crippen LogP contribution in [0.1, 0.15) is 45.6 Å². The number of pyridine rings is 1. The second kappa shape index (κ2) is 8.39. The third-order valence-electron chi connectivity index (χ3n) is 2.52. The average Bonchev–Trinajstić information content (AvgIpc) is 2.64. The molecule has 1 aliphatic heterocycles. The first-order chi connectivity index (χ1) is 10.2. The van der Waals surface area contributed by atoms with Crippen molar-refractivity contribution >= 4 is 16.7 Å². The minimum Gasteiger partial charge on any atom is -0.475 e. The molecule has 0 bridgehead atoms. The predicted molar refractivity (Wildman–Crippen MR) is 88.1 cm³/mol. The van der Waals surface area contributed by atoms with Gasteiger partial charge in [0.2, 0.25) is 5.88 Å². The summed E-state index contributed by atoms with van der Waals surface area (Å²) in [4.78, 5) is 13.2. The van der Waals surface area contributed by atoms with Gasteiger partial charge in [0.1, 0.15) is 23.6 Å². The highest BCUT2D eigenvalue weighted by Crippen LogP contribution is 2.30. The van der Waals surface area contributed by atoms with Crippen LogP contribution in [0.5, 0.6) is 5.88 Å². The van der Waals surface area contributed by atoms with Crippen LogP contribution in [-0.4, -0.2) is 28.1 Å². The summed E-state index contributed by atoms with van der Waals surface area (Å²) in [6.07, 6.45) is 1.25. The molecule has 3 rings (SSSR count). The van der Waals surface area contributed by atoms with Crippen molar-refractivity contribution < 1.29 is 4.74 Å². The molecule has 0 amide bonds. The second-order valence-corrected chi connectivity index (χ2v) is 4.56. The van der Waals surface area contributed by atoms with E-state index in [1.54, 1.807) is 0 Å². The van der Waals surface area contributed by atoms with Gasteiger partial charge in [0.05, 0.1) is 12.1 Å². The lowest BCUT2D eigenvalue weighted by Gasteiger charge is -2.07. The molecule has 0 atom stereocenters. The summed E-state index contributed by atoms with van der Waals surface area (Å²) >= 11 is 0. The summed E-state index contributed by atoms with van der Waals surface area (Å²) in [6, 6.07) is 1.95. The molecule has 2 aromatic heterocycles. The van der Waals surface area contributed by atoms with Gasteiger partial charge in [-0.15, -0.1) is 0 Å². The average molecular weight is 290 g/mol. The van der Waals surface area contributed by atoms with E-state index in [4.69, 9.17) is 4.74 Å². The van der Waals surface area contributed by atoms with E-state index in [9.17, 15) is 0 Å². The third kappa shape index (κ3) is 4.28. The molecular formula is C16H26N4O. The van der Waals surface area contributed by atoms with Crippen LogP contribution in [-0.2, 0) is 0 Å². The van der Waals surface area contributed by atoms with Gasteiger partial charge >= 0.3 is 0 Å². The Balaban J connectivity index is 0.000000395. The van der Waals surface area contributed by atoms with Gasteiger partial charge in [-0.3, -0.25) is 0 Å². The Morgan fingerprint density at radius 3 is 2.48 bits per heavy atom. The standard InChI is InChI=1S/C11H12N4O.C3H8.C2H6/c1-6-5-8-9-10(15-7(2)14-8)12-3-4-16-11(9)13-6;1-3-2;1-2/h5H,3-4H2,1-2H3,(H,12,14,15);3H2,1-2H3;1-2H3. The number of hydrogen-bond donors (Lipinski definition) is 1. The molecular weight excluding hydrogens is 264 g/mol. The van der Waals surface area contributed by atoms with E-state index in [2.05, 4.69) is 34.1 Å². The molecule has 5 heteroatoms. The fourth-order valence-electron chi connectivity index (χ4n) is 1.91. The van der Waals surface area contributed by atoms with E-state index in [-0.39, 0.29) is 0 Å². The molecule has 5 nitrogen and oxygen atoms in total. The van der Waals surface area contributed by atoms with Crippen molar-refractivity contribution in [2.45, 2.75) is 48.0 Å². The second-order valence-electron chi connectivity index (χ2n) is 4.56. The fourth-order valence-corrected chi connectivity index (χ4v) is 1.91. The number of rotatable bonds is 0. The summed E-state index contributed by atoms with van der Waals surface area (Å²) in [6.45, 7) is 13.4. The lowest BCUT2D eigenvalue weighted by Crippen LogP contribution is -2.09. The summed E-state index contributed by atoms with van der Waals surface area (Å²) < 4.78 is 5.59. The molecule has 0 spiro atoms. The Bertz CT molecular complexity index is 537. The number of nitrogens with zero attached hydrogens (tertiary/aromatic N) is 3. The van der Waals surface area contributed by atoms with Crippen LogP contribution >= 0.6 is 0 Å². The number of aryl methyl sites for hydroxylation is 2. The number of aromatic nitrogens is 3. The quantitative estimate of drug-likeness (QED) is 0.797. The molecule has 1 aliphatic rings. The number of ether oxygens (including phenoxy) is 1. The maximum Gasteiger partial charge on any atom is 0.227 e. The molecule has 0 unspecified atom stereocenters. The van der Waals surface area contributed by atoms with Crippen molar-refractivity contribution in [1.29, 1.82) is 0 Å². The van der Waals surface area contributed by atoms with Gasteiger partial charge in [-0.05, 0) is 19.9 Å². The van der Waals surface area contributed by atoms with Crippen LogP contribution in [0.3, 0.4) is 0 Å². The van der Waals surface area contributed by atoms with Crippen LogP contribution in [0, 0.1) is 13.8 Å². The molecule has 2 aromatic rings. The van der Waals surface area contributed by atoms with Gasteiger partial charge in [0.15, 0.2) is 0 Å². The minimum absolute atomic E-state index is 0.598. The highest BCUT2D eigenvalue weighted by atomic mass is 16.5. The van der Waals surface area contributed by atoms with Crippen LogP contribution in [0.2, 0.25) is 0 Å². The van der Waals surface area contributed by atoms with Crippen molar-refractivity contribution in [3.05, 3.63) is 17.6 Å². The van der Waals surface area contributed by atoms with Gasteiger partial charge in [-0.25, -0.2) is 15.0 Å². The molecule has 1 N–H and O–H groups in total. The predicted octanol–water partition coefficient (Wildman–Crippen LogP) is 3.89. The molecule has 0 saturated heterocycles. The van der Waals surface area contributed by atoms with E-state index in [1.807, 2.05) is 33.8 Å². The summed E-state index contributed by atoms with van der Waals surface area (Å²) in [5.41, 5.74) is 1.80. The molecule has 21 heavy (non-hydrogen) atoms. The highest BCUT2D eigenvalue weighted by Gasteiger charge is 2.16. The molecule has 3 heterocycles. The maximum absolute atomic E-state index is 5.59. The molecule has 0 fully saturated rings. The first-order valence-corrected chi connectivity index (χ1v) is 7.68. The van der Waals surface area contributed by atoms with Crippen molar-refractivity contribution in [3.63, 3.8) is 0 Å². The normalized spacial score (nSPS) is 11.9. The zero-order chi connectivity index (χ0) is 15.8. The van der Waals surface area contributed by atoms with Crippen LogP contribution in [0.15, 0.2) is 6.07 Å². The van der Waals surface area contributed by atoms with Crippen LogP contribution in [0.25, 0.3) is 10.9 Å². The van der Waals surface area contributed by atoms with Crippen molar-refractivity contribution in [3.8, 4) is 5.88 Å². The van der Waals surface area contributed by atoms with Gasteiger partial charge < -0.3 is 10.1 Å². The van der Waals surface area contributed by atoms with Crippen LogP contribution in [0.4, 0.5) is 5.82 Å². The Morgan fingerprint density at radius 2 is 1.81 bits per heavy atom. The summed E-state index contributed by atoms with van der Waals surface area (Å²) in [7, 11) is 0. The monoisotopic (exact) mass is 290 g/mol. The SMILES string of the molecule is CC.CCC.Cc1cc2nc(C)nc3c2c(n1)OCCN3. The highest BCUT2D eigenvalue weighted by molar-refractivity contribution is 5.93. The van der Waals surface area contributed by atoms with Crippen molar-refractivity contribution in [2.75, 3.05) is 18.5 Å². The Labute approximate surface area is 127 Å². The molecule has 0 saturated carbocycles. The summed E-state index contributed by atoms with van der Waals surface area (Å²) in [5, 5.41) is 4.12. The van der Waals surface area contributed by atoms with E-state index >= 15 is 0 Å². The van der Waals surface area contributed by atoms with Gasteiger partial charge in [0, 0.05) is 5.69 Å². The van der Waals surface area contributed by atoms with Crippen molar-refractivity contribution in [1.82, 2.24) is 15.0 Å². The first kappa shape index (κ1) is 17.1. The number of hydrogen-bond acceptors (Lipinski definition) is 5. The lowest BCUT2D eigenvalue weighted by atomic mass is 10.2. The third-order valence-corrected chi connectivity index (χ3v) is 2.52. The van der Waals surface area contributed by atoms with E-state index in [0.29, 0.717) is 12.5 Å². The van der Waals surface area contributed by atoms with Gasteiger partial charge in [-0.1, -0.05) is 34.1 Å². The maximum atomic E-state index is 5.59. The smallest absolute Gasteiger partial charge is 0.227 e. The molecule has 0 aromatic carbocycles. The van der Waals surface area contributed by atoms with Crippen molar-refractivity contribution in [2.24, 2.45) is 0 Å². The van der Waals surface area contributed by atoms with Gasteiger partial charge in [0.25, 0.3) is 0 Å². The zero-order valence-corrected chi connectivity index (χ0v) is 13.9. The van der Waals surface area contributed by atoms with E-state index < -0.39 is 0 Å². The number of nitrogens with one attached hydrogen (secondary N) is 1. The number of anilines is 1. The molecule has 0 radical (unpaired) electrons. The Morgan fingerprint density at radius 1 is 1.14 bits per heavy atom.